The van der Waals surface area contributed by atoms with Gasteiger partial charge in [-0.05, 0) is 73.4 Å². The zero-order valence-corrected chi connectivity index (χ0v) is 18.7. The molecule has 0 aliphatic heterocycles. The lowest BCUT2D eigenvalue weighted by atomic mass is 9.74. The first kappa shape index (κ1) is 21.2. The second-order valence-corrected chi connectivity index (χ2v) is 11.3. The van der Waals surface area contributed by atoms with Crippen LogP contribution >= 0.6 is 11.3 Å². The first-order valence-corrected chi connectivity index (χ1v) is 12.2. The van der Waals surface area contributed by atoms with E-state index in [9.17, 15) is 13.2 Å². The topological polar surface area (TPSA) is 63.2 Å². The van der Waals surface area contributed by atoms with Gasteiger partial charge in [0.1, 0.15) is 0 Å². The van der Waals surface area contributed by atoms with Gasteiger partial charge in [-0.25, -0.2) is 13.1 Å². The third kappa shape index (κ3) is 4.39. The van der Waals surface area contributed by atoms with Crippen molar-refractivity contribution in [2.45, 2.75) is 64.2 Å². The summed E-state index contributed by atoms with van der Waals surface area (Å²) >= 11 is 1.69. The molecule has 3 rings (SSSR count). The van der Waals surface area contributed by atoms with Gasteiger partial charge in [0.2, 0.25) is 10.0 Å². The standard InChI is InChI=1S/C22H29NO3S2/c1-5-20-18-14-22(2,3)13-12-17(18)21(27-20)19(24)11-8-15-6-9-16(10-7-15)28(25,26)23-4/h6-7,9-10,23H,5,8,11-14H2,1-4H3. The van der Waals surface area contributed by atoms with Crippen LogP contribution in [0.1, 0.15) is 64.9 Å². The molecule has 1 aromatic heterocycles. The van der Waals surface area contributed by atoms with Crippen LogP contribution in [-0.4, -0.2) is 21.2 Å². The molecule has 2 aromatic rings. The highest BCUT2D eigenvalue weighted by Crippen LogP contribution is 2.42. The average molecular weight is 420 g/mol. The molecule has 1 aromatic carbocycles. The quantitative estimate of drug-likeness (QED) is 0.670. The molecule has 28 heavy (non-hydrogen) atoms. The molecule has 0 fully saturated rings. The van der Waals surface area contributed by atoms with Crippen LogP contribution < -0.4 is 4.72 Å². The Hall–Kier alpha value is -1.50. The number of carbonyl (C=O) groups is 1. The van der Waals surface area contributed by atoms with E-state index in [2.05, 4.69) is 25.5 Å². The Morgan fingerprint density at radius 3 is 2.46 bits per heavy atom. The maximum absolute atomic E-state index is 13.0. The summed E-state index contributed by atoms with van der Waals surface area (Å²) in [6.45, 7) is 6.79. The van der Waals surface area contributed by atoms with Crippen molar-refractivity contribution in [3.8, 4) is 0 Å². The van der Waals surface area contributed by atoms with Crippen LogP contribution in [0.3, 0.4) is 0 Å². The number of ketones is 1. The van der Waals surface area contributed by atoms with Crippen LogP contribution in [0.15, 0.2) is 29.2 Å². The van der Waals surface area contributed by atoms with E-state index in [1.807, 2.05) is 0 Å². The van der Waals surface area contributed by atoms with Gasteiger partial charge in [0.25, 0.3) is 0 Å². The molecule has 4 nitrogen and oxygen atoms in total. The van der Waals surface area contributed by atoms with Crippen LogP contribution in [0, 0.1) is 5.41 Å². The Morgan fingerprint density at radius 1 is 1.18 bits per heavy atom. The number of thiophene rings is 1. The number of Topliss-reactive ketones (excluding diaryl/α,β-unsaturated/α-hetero) is 1. The van der Waals surface area contributed by atoms with Crippen LogP contribution in [0.25, 0.3) is 0 Å². The summed E-state index contributed by atoms with van der Waals surface area (Å²) in [6, 6.07) is 6.77. The molecule has 6 heteroatoms. The van der Waals surface area contributed by atoms with Gasteiger partial charge in [-0.3, -0.25) is 4.79 Å². The van der Waals surface area contributed by atoms with Crippen LogP contribution in [0.5, 0.6) is 0 Å². The molecule has 1 N–H and O–H groups in total. The van der Waals surface area contributed by atoms with Crippen molar-refractivity contribution >= 4 is 27.1 Å². The van der Waals surface area contributed by atoms with E-state index < -0.39 is 10.0 Å². The van der Waals surface area contributed by atoms with Crippen molar-refractivity contribution < 1.29 is 13.2 Å². The largest absolute Gasteiger partial charge is 0.293 e. The normalized spacial score (nSPS) is 16.0. The lowest BCUT2D eigenvalue weighted by Gasteiger charge is -2.30. The Balaban J connectivity index is 1.73. The first-order chi connectivity index (χ1) is 13.2. The SMILES string of the molecule is CCc1sc(C(=O)CCc2ccc(S(=O)(=O)NC)cc2)c2c1CC(C)(C)CC2. The molecule has 152 valence electrons. The predicted molar refractivity (Wildman–Crippen MR) is 115 cm³/mol. The number of nitrogens with one attached hydrogen (secondary N) is 1. The van der Waals surface area contributed by atoms with Gasteiger partial charge in [0.05, 0.1) is 9.77 Å². The van der Waals surface area contributed by atoms with Crippen LogP contribution in [0.4, 0.5) is 0 Å². The fourth-order valence-corrected chi connectivity index (χ4v) is 5.89. The minimum absolute atomic E-state index is 0.215. The molecule has 0 spiro atoms. The predicted octanol–water partition coefficient (Wildman–Crippen LogP) is 4.55. The highest BCUT2D eigenvalue weighted by Gasteiger charge is 2.31. The third-order valence-electron chi connectivity index (χ3n) is 5.62. The Labute approximate surface area is 172 Å². The van der Waals surface area contributed by atoms with Gasteiger partial charge in [0, 0.05) is 11.3 Å². The summed E-state index contributed by atoms with van der Waals surface area (Å²) < 4.78 is 25.9. The lowest BCUT2D eigenvalue weighted by Crippen LogP contribution is -2.22. The van der Waals surface area contributed by atoms with E-state index in [1.165, 1.54) is 23.1 Å². The van der Waals surface area contributed by atoms with E-state index >= 15 is 0 Å². The monoisotopic (exact) mass is 419 g/mol. The van der Waals surface area contributed by atoms with Gasteiger partial charge >= 0.3 is 0 Å². The molecule has 0 radical (unpaired) electrons. The molecule has 1 heterocycles. The van der Waals surface area contributed by atoms with E-state index in [-0.39, 0.29) is 10.7 Å². The number of hydrogen-bond donors (Lipinski definition) is 1. The average Bonchev–Trinajstić information content (AvgIpc) is 3.03. The highest BCUT2D eigenvalue weighted by atomic mass is 32.2. The van der Waals surface area contributed by atoms with Gasteiger partial charge in [-0.1, -0.05) is 32.9 Å². The molecule has 0 saturated carbocycles. The molecule has 0 amide bonds. The Morgan fingerprint density at radius 2 is 1.86 bits per heavy atom. The fourth-order valence-electron chi connectivity index (χ4n) is 3.89. The number of rotatable bonds is 7. The third-order valence-corrected chi connectivity index (χ3v) is 8.51. The van der Waals surface area contributed by atoms with Gasteiger partial charge in [-0.2, -0.15) is 0 Å². The van der Waals surface area contributed by atoms with E-state index in [0.29, 0.717) is 18.3 Å². The number of carbonyl (C=O) groups excluding carboxylic acids is 1. The van der Waals surface area contributed by atoms with Crippen molar-refractivity contribution in [2.75, 3.05) is 7.05 Å². The highest BCUT2D eigenvalue weighted by molar-refractivity contribution is 7.89. The molecular weight excluding hydrogens is 390 g/mol. The maximum atomic E-state index is 13.0. The minimum Gasteiger partial charge on any atom is -0.293 e. The van der Waals surface area contributed by atoms with Crippen molar-refractivity contribution in [3.63, 3.8) is 0 Å². The lowest BCUT2D eigenvalue weighted by molar-refractivity contribution is 0.0985. The summed E-state index contributed by atoms with van der Waals surface area (Å²) in [4.78, 5) is 15.5. The summed E-state index contributed by atoms with van der Waals surface area (Å²) in [5, 5.41) is 0. The van der Waals surface area contributed by atoms with Crippen molar-refractivity contribution in [3.05, 3.63) is 50.7 Å². The fraction of sp³-hybridized carbons (Fsp3) is 0.500. The minimum atomic E-state index is -3.42. The molecule has 1 aliphatic rings. The maximum Gasteiger partial charge on any atom is 0.240 e. The van der Waals surface area contributed by atoms with Crippen molar-refractivity contribution in [1.29, 1.82) is 0 Å². The van der Waals surface area contributed by atoms with E-state index in [0.717, 1.165) is 36.1 Å². The summed E-state index contributed by atoms with van der Waals surface area (Å²) in [5.74, 6) is 0.215. The smallest absolute Gasteiger partial charge is 0.240 e. The molecule has 0 bridgehead atoms. The molecule has 0 unspecified atom stereocenters. The Kier molecular flexibility index (Phi) is 6.13. The van der Waals surface area contributed by atoms with E-state index in [1.54, 1.807) is 35.6 Å². The molecule has 0 saturated heterocycles. The number of benzene rings is 1. The second kappa shape index (κ2) is 8.09. The first-order valence-electron chi connectivity index (χ1n) is 9.86. The zero-order chi connectivity index (χ0) is 20.5. The number of hydrogen-bond acceptors (Lipinski definition) is 4. The molecule has 0 atom stereocenters. The number of sulfonamides is 1. The Bertz CT molecular complexity index is 970. The van der Waals surface area contributed by atoms with Gasteiger partial charge in [0.15, 0.2) is 5.78 Å². The summed E-state index contributed by atoms with van der Waals surface area (Å²) in [5.41, 5.74) is 4.01. The second-order valence-electron chi connectivity index (χ2n) is 8.28. The van der Waals surface area contributed by atoms with Crippen molar-refractivity contribution in [2.24, 2.45) is 5.41 Å². The zero-order valence-electron chi connectivity index (χ0n) is 17.1. The van der Waals surface area contributed by atoms with Crippen molar-refractivity contribution in [1.82, 2.24) is 4.72 Å². The van der Waals surface area contributed by atoms with Gasteiger partial charge in [-0.15, -0.1) is 11.3 Å². The summed E-state index contributed by atoms with van der Waals surface area (Å²) in [6.07, 6.45) is 5.25. The summed E-state index contributed by atoms with van der Waals surface area (Å²) in [7, 11) is -2.03. The van der Waals surface area contributed by atoms with Crippen LogP contribution in [-0.2, 0) is 35.7 Å². The number of fused-ring (bicyclic) bond motifs is 1. The number of aryl methyl sites for hydroxylation is 2. The van der Waals surface area contributed by atoms with Gasteiger partial charge < -0.3 is 0 Å². The van der Waals surface area contributed by atoms with Crippen LogP contribution in [0.2, 0.25) is 0 Å². The van der Waals surface area contributed by atoms with E-state index in [4.69, 9.17) is 0 Å². The molecular formula is C22H29NO3S2. The molecule has 1 aliphatic carbocycles.